The van der Waals surface area contributed by atoms with E-state index >= 15 is 0 Å². The number of anilines is 1. The molecule has 1 aliphatic rings. The van der Waals surface area contributed by atoms with E-state index in [1.54, 1.807) is 13.8 Å². The van der Waals surface area contributed by atoms with Gasteiger partial charge in [-0.25, -0.2) is 21.6 Å². The lowest BCUT2D eigenvalue weighted by Gasteiger charge is -2.19. The largest absolute Gasteiger partial charge is 0.495 e. The van der Waals surface area contributed by atoms with Crippen molar-refractivity contribution in [3.8, 4) is 5.75 Å². The highest BCUT2D eigenvalue weighted by Crippen LogP contribution is 2.30. The van der Waals surface area contributed by atoms with E-state index in [0.717, 1.165) is 12.8 Å². The van der Waals surface area contributed by atoms with E-state index in [1.807, 2.05) is 0 Å². The number of nitrogens with zero attached hydrogens (tertiary/aromatic N) is 1. The molecule has 11 heteroatoms. The Morgan fingerprint density at radius 1 is 1.03 bits per heavy atom. The van der Waals surface area contributed by atoms with Gasteiger partial charge in [0.25, 0.3) is 5.91 Å². The van der Waals surface area contributed by atoms with Crippen molar-refractivity contribution in [1.29, 1.82) is 0 Å². The van der Waals surface area contributed by atoms with E-state index in [1.165, 1.54) is 53.9 Å². The Bertz CT molecular complexity index is 1200. The van der Waals surface area contributed by atoms with Gasteiger partial charge in [-0.05, 0) is 49.2 Å². The Morgan fingerprint density at radius 3 is 2.31 bits per heavy atom. The number of ether oxygens (including phenoxy) is 1. The van der Waals surface area contributed by atoms with Gasteiger partial charge >= 0.3 is 0 Å². The summed E-state index contributed by atoms with van der Waals surface area (Å²) >= 11 is 0. The van der Waals surface area contributed by atoms with Crippen LogP contribution < -0.4 is 14.8 Å². The maximum absolute atomic E-state index is 12.9. The summed E-state index contributed by atoms with van der Waals surface area (Å²) in [4.78, 5) is 12.9. The van der Waals surface area contributed by atoms with Crippen molar-refractivity contribution in [2.75, 3.05) is 25.5 Å². The Labute approximate surface area is 188 Å². The highest BCUT2D eigenvalue weighted by atomic mass is 32.2. The fourth-order valence-corrected chi connectivity index (χ4v) is 5.98. The van der Waals surface area contributed by atoms with Gasteiger partial charge < -0.3 is 10.1 Å². The van der Waals surface area contributed by atoms with Gasteiger partial charge in [0.15, 0.2) is 0 Å². The zero-order valence-corrected chi connectivity index (χ0v) is 19.8. The second kappa shape index (κ2) is 9.57. The average molecular weight is 482 g/mol. The molecule has 9 nitrogen and oxygen atoms in total. The molecule has 0 aliphatic heterocycles. The highest BCUT2D eigenvalue weighted by molar-refractivity contribution is 7.89. The van der Waals surface area contributed by atoms with Crippen molar-refractivity contribution in [3.05, 3.63) is 48.0 Å². The van der Waals surface area contributed by atoms with Crippen LogP contribution in [0.4, 0.5) is 5.69 Å². The molecule has 2 aromatic rings. The number of carbonyl (C=O) groups excluding carboxylic acids is 1. The van der Waals surface area contributed by atoms with Gasteiger partial charge in [0.1, 0.15) is 5.75 Å². The number of carbonyl (C=O) groups is 1. The second-order valence-electron chi connectivity index (χ2n) is 7.33. The predicted molar refractivity (Wildman–Crippen MR) is 121 cm³/mol. The van der Waals surface area contributed by atoms with Gasteiger partial charge in [-0.2, -0.15) is 4.31 Å². The molecular weight excluding hydrogens is 454 g/mol. The van der Waals surface area contributed by atoms with Crippen molar-refractivity contribution < 1.29 is 26.4 Å². The van der Waals surface area contributed by atoms with Crippen LogP contribution in [0.1, 0.15) is 37.0 Å². The Morgan fingerprint density at radius 2 is 1.72 bits per heavy atom. The van der Waals surface area contributed by atoms with Crippen molar-refractivity contribution in [3.63, 3.8) is 0 Å². The van der Waals surface area contributed by atoms with Crippen LogP contribution in [0.5, 0.6) is 5.75 Å². The molecule has 0 radical (unpaired) electrons. The molecule has 1 aliphatic carbocycles. The monoisotopic (exact) mass is 481 g/mol. The number of amides is 1. The highest BCUT2D eigenvalue weighted by Gasteiger charge is 2.29. The molecule has 1 amide bonds. The lowest BCUT2D eigenvalue weighted by molar-refractivity contribution is 0.102. The first-order valence-corrected chi connectivity index (χ1v) is 13.2. The summed E-state index contributed by atoms with van der Waals surface area (Å²) in [5, 5.41) is 2.63. The van der Waals surface area contributed by atoms with Crippen LogP contribution in [0, 0.1) is 0 Å². The molecule has 0 aromatic heterocycles. The van der Waals surface area contributed by atoms with E-state index < -0.39 is 26.0 Å². The van der Waals surface area contributed by atoms with E-state index in [0.29, 0.717) is 13.1 Å². The summed E-state index contributed by atoms with van der Waals surface area (Å²) in [5.74, 6) is -0.319. The van der Waals surface area contributed by atoms with Gasteiger partial charge in [0.05, 0.1) is 22.6 Å². The number of benzene rings is 2. The summed E-state index contributed by atoms with van der Waals surface area (Å²) in [6.07, 6.45) is 1.59. The molecule has 0 heterocycles. The van der Waals surface area contributed by atoms with E-state index in [-0.39, 0.29) is 32.8 Å². The molecule has 1 saturated carbocycles. The average Bonchev–Trinajstić information content (AvgIpc) is 3.57. The molecule has 0 spiro atoms. The molecule has 32 heavy (non-hydrogen) atoms. The Kier molecular flexibility index (Phi) is 7.23. The minimum absolute atomic E-state index is 0.00152. The molecule has 2 aromatic carbocycles. The second-order valence-corrected chi connectivity index (χ2v) is 11.0. The Hall–Kier alpha value is -2.47. The van der Waals surface area contributed by atoms with Crippen LogP contribution in [0.2, 0.25) is 0 Å². The molecular formula is C21H27N3O6S2. The Balaban J connectivity index is 1.89. The van der Waals surface area contributed by atoms with Crippen LogP contribution >= 0.6 is 0 Å². The van der Waals surface area contributed by atoms with Gasteiger partial charge in [0.2, 0.25) is 20.0 Å². The third-order valence-corrected chi connectivity index (χ3v) is 8.63. The number of methoxy groups -OCH3 is 1. The molecule has 0 atom stereocenters. The van der Waals surface area contributed by atoms with E-state index in [9.17, 15) is 21.6 Å². The van der Waals surface area contributed by atoms with Crippen LogP contribution in [0.3, 0.4) is 0 Å². The zero-order valence-electron chi connectivity index (χ0n) is 18.2. The summed E-state index contributed by atoms with van der Waals surface area (Å²) in [5.41, 5.74) is 0.276. The third-order valence-electron chi connectivity index (χ3n) is 5.07. The third kappa shape index (κ3) is 5.29. The van der Waals surface area contributed by atoms with Crippen LogP contribution in [-0.4, -0.2) is 53.3 Å². The summed E-state index contributed by atoms with van der Waals surface area (Å²) in [6.45, 7) is 4.09. The molecule has 0 unspecified atom stereocenters. The molecule has 0 bridgehead atoms. The van der Waals surface area contributed by atoms with Crippen molar-refractivity contribution >= 4 is 31.6 Å². The van der Waals surface area contributed by atoms with Gasteiger partial charge in [-0.1, -0.05) is 19.9 Å². The molecule has 0 saturated heterocycles. The lowest BCUT2D eigenvalue weighted by atomic mass is 10.2. The summed E-state index contributed by atoms with van der Waals surface area (Å²) < 4.78 is 59.8. The zero-order chi connectivity index (χ0) is 23.5. The fraction of sp³-hybridized carbons (Fsp3) is 0.381. The number of hydrogen-bond acceptors (Lipinski definition) is 6. The quantitative estimate of drug-likeness (QED) is 0.537. The maximum atomic E-state index is 12.9. The first-order chi connectivity index (χ1) is 15.1. The molecule has 2 N–H and O–H groups in total. The normalized spacial score (nSPS) is 14.4. The topological polar surface area (TPSA) is 122 Å². The van der Waals surface area contributed by atoms with Gasteiger partial charge in [-0.15, -0.1) is 0 Å². The number of rotatable bonds is 10. The molecule has 3 rings (SSSR count). The first kappa shape index (κ1) is 24.2. The lowest BCUT2D eigenvalue weighted by Crippen LogP contribution is -2.30. The minimum atomic E-state index is -3.73. The van der Waals surface area contributed by atoms with Crippen molar-refractivity contribution in [2.24, 2.45) is 0 Å². The number of hydrogen-bond donors (Lipinski definition) is 2. The maximum Gasteiger partial charge on any atom is 0.255 e. The van der Waals surface area contributed by atoms with E-state index in [4.69, 9.17) is 4.74 Å². The minimum Gasteiger partial charge on any atom is -0.495 e. The number of sulfonamides is 2. The summed E-state index contributed by atoms with van der Waals surface area (Å²) in [7, 11) is -6.06. The van der Waals surface area contributed by atoms with Gasteiger partial charge in [-0.3, -0.25) is 4.79 Å². The van der Waals surface area contributed by atoms with E-state index in [2.05, 4.69) is 10.0 Å². The summed E-state index contributed by atoms with van der Waals surface area (Å²) in [6, 6.07) is 9.82. The predicted octanol–water partition coefficient (Wildman–Crippen LogP) is 2.42. The molecule has 1 fully saturated rings. The van der Waals surface area contributed by atoms with Crippen molar-refractivity contribution in [2.45, 2.75) is 42.5 Å². The van der Waals surface area contributed by atoms with Crippen LogP contribution in [-0.2, 0) is 20.0 Å². The number of nitrogens with one attached hydrogen (secondary N) is 2. The standard InChI is InChI=1S/C21H27N3O6S2/c1-4-24(5-2)32(28,29)18-8-6-7-15(13-18)21(25)22-19-14-17(11-12-20(19)30-3)31(26,27)23-16-9-10-16/h6-8,11-14,16,23H,4-5,9-10H2,1-3H3,(H,22,25). The van der Waals surface area contributed by atoms with Crippen molar-refractivity contribution in [1.82, 2.24) is 9.03 Å². The SMILES string of the molecule is CCN(CC)S(=O)(=O)c1cccc(C(=O)Nc2cc(S(=O)(=O)NC3CC3)ccc2OC)c1. The van der Waals surface area contributed by atoms with Crippen LogP contribution in [0.25, 0.3) is 0 Å². The fourth-order valence-electron chi connectivity index (χ4n) is 3.15. The first-order valence-electron chi connectivity index (χ1n) is 10.2. The van der Waals surface area contributed by atoms with Gasteiger partial charge in [0, 0.05) is 24.7 Å². The smallest absolute Gasteiger partial charge is 0.255 e. The van der Waals surface area contributed by atoms with Crippen LogP contribution in [0.15, 0.2) is 52.3 Å². The molecule has 174 valence electrons.